The van der Waals surface area contributed by atoms with Gasteiger partial charge < -0.3 is 9.47 Å². The van der Waals surface area contributed by atoms with Crippen LogP contribution in [0.2, 0.25) is 0 Å². The molecule has 0 radical (unpaired) electrons. The first-order chi connectivity index (χ1) is 13.0. The van der Waals surface area contributed by atoms with Crippen LogP contribution >= 0.6 is 11.3 Å². The molecule has 1 aliphatic heterocycles. The van der Waals surface area contributed by atoms with Crippen molar-refractivity contribution in [2.75, 3.05) is 0 Å². The van der Waals surface area contributed by atoms with Gasteiger partial charge in [-0.3, -0.25) is 0 Å². The van der Waals surface area contributed by atoms with Crippen LogP contribution in [0.15, 0.2) is 30.6 Å². The molecule has 1 aromatic carbocycles. The molecule has 0 amide bonds. The molecule has 0 saturated heterocycles. The van der Waals surface area contributed by atoms with Crippen molar-refractivity contribution in [3.8, 4) is 5.75 Å². The second-order valence-corrected chi connectivity index (χ2v) is 8.59. The van der Waals surface area contributed by atoms with E-state index in [0.29, 0.717) is 19.0 Å². The average Bonchev–Trinajstić information content (AvgIpc) is 3.20. The third kappa shape index (κ3) is 2.87. The number of hydrogen-bond acceptors (Lipinski definition) is 6. The van der Waals surface area contributed by atoms with Crippen molar-refractivity contribution in [2.45, 2.75) is 46.0 Å². The number of nitrogens with zero attached hydrogens (tertiary/aromatic N) is 4. The van der Waals surface area contributed by atoms with E-state index in [0.717, 1.165) is 33.6 Å². The van der Waals surface area contributed by atoms with Crippen LogP contribution in [0.3, 0.4) is 0 Å². The maximum Gasteiger partial charge on any atom is 0.189 e. The van der Waals surface area contributed by atoms with Crippen molar-refractivity contribution in [1.29, 1.82) is 0 Å². The molecule has 4 heterocycles. The molecule has 27 heavy (non-hydrogen) atoms. The van der Waals surface area contributed by atoms with Gasteiger partial charge in [0.05, 0.1) is 17.6 Å². The number of fused-ring (bicyclic) bond motifs is 5. The predicted octanol–water partition coefficient (Wildman–Crippen LogP) is 4.08. The van der Waals surface area contributed by atoms with Crippen LogP contribution in [0.25, 0.3) is 15.9 Å². The molecule has 0 bridgehead atoms. The van der Waals surface area contributed by atoms with E-state index in [1.807, 2.05) is 31.2 Å². The molecule has 0 N–H and O–H groups in total. The van der Waals surface area contributed by atoms with Gasteiger partial charge in [-0.25, -0.2) is 14.5 Å². The summed E-state index contributed by atoms with van der Waals surface area (Å²) in [5, 5.41) is 5.66. The van der Waals surface area contributed by atoms with Gasteiger partial charge in [0.2, 0.25) is 0 Å². The summed E-state index contributed by atoms with van der Waals surface area (Å²) >= 11 is 1.69. The highest BCUT2D eigenvalue weighted by Crippen LogP contribution is 2.39. The summed E-state index contributed by atoms with van der Waals surface area (Å²) in [4.78, 5) is 11.6. The van der Waals surface area contributed by atoms with E-state index in [1.54, 1.807) is 22.2 Å². The van der Waals surface area contributed by atoms with Gasteiger partial charge >= 0.3 is 0 Å². The van der Waals surface area contributed by atoms with E-state index in [1.165, 1.54) is 10.4 Å². The maximum absolute atomic E-state index is 5.96. The third-order valence-corrected chi connectivity index (χ3v) is 6.02. The number of thiophene rings is 1. The molecule has 0 unspecified atom stereocenters. The number of ether oxygens (including phenoxy) is 2. The highest BCUT2D eigenvalue weighted by molar-refractivity contribution is 7.19. The molecule has 3 aromatic heterocycles. The Labute approximate surface area is 160 Å². The molecule has 0 spiro atoms. The summed E-state index contributed by atoms with van der Waals surface area (Å²) in [6.45, 7) is 7.24. The molecular weight excluding hydrogens is 360 g/mol. The lowest BCUT2D eigenvalue weighted by molar-refractivity contribution is -0.0379. The normalized spacial score (nSPS) is 16.0. The van der Waals surface area contributed by atoms with Crippen LogP contribution in [0, 0.1) is 6.92 Å². The first-order valence-corrected chi connectivity index (χ1v) is 9.79. The quantitative estimate of drug-likeness (QED) is 0.536. The highest BCUT2D eigenvalue weighted by atomic mass is 32.1. The number of para-hydroxylation sites is 1. The molecular formula is C20H20N4O2S. The average molecular weight is 380 g/mol. The molecule has 0 saturated carbocycles. The topological polar surface area (TPSA) is 61.5 Å². The zero-order valence-corrected chi connectivity index (χ0v) is 16.3. The number of benzene rings is 1. The fraction of sp³-hybridized carbons (Fsp3) is 0.350. The van der Waals surface area contributed by atoms with Gasteiger partial charge in [-0.1, -0.05) is 18.2 Å². The van der Waals surface area contributed by atoms with Gasteiger partial charge in [0, 0.05) is 11.3 Å². The van der Waals surface area contributed by atoms with Crippen molar-refractivity contribution in [3.05, 3.63) is 52.4 Å². The van der Waals surface area contributed by atoms with Gasteiger partial charge in [-0.15, -0.1) is 16.4 Å². The van der Waals surface area contributed by atoms with Crippen molar-refractivity contribution >= 4 is 27.2 Å². The fourth-order valence-corrected chi connectivity index (χ4v) is 4.57. The number of aryl methyl sites for hydroxylation is 1. The molecule has 5 rings (SSSR count). The van der Waals surface area contributed by atoms with E-state index < -0.39 is 0 Å². The number of aromatic nitrogens is 4. The van der Waals surface area contributed by atoms with Crippen molar-refractivity contribution in [1.82, 2.24) is 19.6 Å². The minimum atomic E-state index is -0.176. The number of hydrogen-bond donors (Lipinski definition) is 0. The SMILES string of the molecule is Cc1ccccc1OCc1nc2c3c4c(sc3ncn2n1)COC(C)(C)C4. The van der Waals surface area contributed by atoms with Crippen molar-refractivity contribution in [2.24, 2.45) is 0 Å². The fourth-order valence-electron chi connectivity index (χ4n) is 3.51. The van der Waals surface area contributed by atoms with E-state index in [4.69, 9.17) is 14.5 Å². The van der Waals surface area contributed by atoms with E-state index >= 15 is 0 Å². The van der Waals surface area contributed by atoms with Crippen LogP contribution in [0.5, 0.6) is 5.75 Å². The lowest BCUT2D eigenvalue weighted by Gasteiger charge is -2.30. The Balaban J connectivity index is 1.54. The van der Waals surface area contributed by atoms with Gasteiger partial charge in [-0.2, -0.15) is 0 Å². The standard InChI is InChI=1S/C20H20N4O2S/c1-12-6-4-5-7-14(12)25-10-16-22-18-17-13-8-20(2,3)26-9-15(13)27-19(17)21-11-24(18)23-16/h4-7,11H,8-10H2,1-3H3. The first kappa shape index (κ1) is 16.6. The molecule has 6 nitrogen and oxygen atoms in total. The Morgan fingerprint density at radius 2 is 2.15 bits per heavy atom. The second kappa shape index (κ2) is 6.00. The van der Waals surface area contributed by atoms with E-state index in [2.05, 4.69) is 23.9 Å². The molecule has 4 aromatic rings. The third-order valence-electron chi connectivity index (χ3n) is 4.90. The number of rotatable bonds is 3. The predicted molar refractivity (Wildman–Crippen MR) is 104 cm³/mol. The van der Waals surface area contributed by atoms with Crippen LogP contribution in [0.1, 0.15) is 35.7 Å². The van der Waals surface area contributed by atoms with Gasteiger partial charge in [-0.05, 0) is 38.0 Å². The summed E-state index contributed by atoms with van der Waals surface area (Å²) in [6.07, 6.45) is 2.58. The highest BCUT2D eigenvalue weighted by Gasteiger charge is 2.30. The van der Waals surface area contributed by atoms with Crippen LogP contribution in [-0.4, -0.2) is 25.2 Å². The Bertz CT molecular complexity index is 1160. The molecule has 0 aliphatic carbocycles. The smallest absolute Gasteiger partial charge is 0.189 e. The van der Waals surface area contributed by atoms with E-state index in [-0.39, 0.29) is 5.60 Å². The molecule has 0 atom stereocenters. The molecule has 1 aliphatic rings. The second-order valence-electron chi connectivity index (χ2n) is 7.50. The summed E-state index contributed by atoms with van der Waals surface area (Å²) < 4.78 is 13.6. The lowest BCUT2D eigenvalue weighted by atomic mass is 9.94. The van der Waals surface area contributed by atoms with Crippen LogP contribution < -0.4 is 4.74 Å². The minimum absolute atomic E-state index is 0.176. The van der Waals surface area contributed by atoms with Gasteiger partial charge in [0.1, 0.15) is 23.5 Å². The monoisotopic (exact) mass is 380 g/mol. The summed E-state index contributed by atoms with van der Waals surface area (Å²) in [5.41, 5.74) is 3.06. The zero-order chi connectivity index (χ0) is 18.6. The molecule has 7 heteroatoms. The van der Waals surface area contributed by atoms with Gasteiger partial charge in [0.15, 0.2) is 11.5 Å². The Morgan fingerprint density at radius 3 is 3.00 bits per heavy atom. The van der Waals surface area contributed by atoms with E-state index in [9.17, 15) is 0 Å². The summed E-state index contributed by atoms with van der Waals surface area (Å²) in [5.74, 6) is 1.50. The first-order valence-electron chi connectivity index (χ1n) is 8.97. The molecule has 0 fully saturated rings. The van der Waals surface area contributed by atoms with Crippen molar-refractivity contribution in [3.63, 3.8) is 0 Å². The lowest BCUT2D eigenvalue weighted by Crippen LogP contribution is -2.31. The van der Waals surface area contributed by atoms with Crippen molar-refractivity contribution < 1.29 is 9.47 Å². The molecule has 138 valence electrons. The Kier molecular flexibility index (Phi) is 3.70. The zero-order valence-electron chi connectivity index (χ0n) is 15.5. The maximum atomic E-state index is 5.96. The van der Waals surface area contributed by atoms with Gasteiger partial charge in [0.25, 0.3) is 0 Å². The Hall–Kier alpha value is -2.51. The van der Waals surface area contributed by atoms with Crippen LogP contribution in [-0.2, 0) is 24.4 Å². The summed E-state index contributed by atoms with van der Waals surface area (Å²) in [7, 11) is 0. The largest absolute Gasteiger partial charge is 0.485 e. The van der Waals surface area contributed by atoms with Crippen LogP contribution in [0.4, 0.5) is 0 Å². The summed E-state index contributed by atoms with van der Waals surface area (Å²) in [6, 6.07) is 7.95. The Morgan fingerprint density at radius 1 is 1.30 bits per heavy atom. The minimum Gasteiger partial charge on any atom is -0.485 e.